The van der Waals surface area contributed by atoms with Gasteiger partial charge in [0.25, 0.3) is 5.91 Å². The van der Waals surface area contributed by atoms with E-state index in [9.17, 15) is 20.1 Å². The van der Waals surface area contributed by atoms with Gasteiger partial charge in [-0.3, -0.25) is 4.79 Å². The van der Waals surface area contributed by atoms with Gasteiger partial charge in [0.2, 0.25) is 0 Å². The van der Waals surface area contributed by atoms with E-state index in [0.717, 1.165) is 25.7 Å². The molecule has 3 atom stereocenters. The quantitative estimate of drug-likeness (QED) is 0.0583. The predicted molar refractivity (Wildman–Crippen MR) is 199 cm³/mol. The lowest BCUT2D eigenvalue weighted by molar-refractivity contribution is -0.151. The minimum atomic E-state index is -1.55. The van der Waals surface area contributed by atoms with Crippen LogP contribution in [0.4, 0.5) is 0 Å². The van der Waals surface area contributed by atoms with Crippen molar-refractivity contribution in [3.05, 3.63) is 0 Å². The molecular weight excluding hydrogens is 570 g/mol. The van der Waals surface area contributed by atoms with Gasteiger partial charge in [0.15, 0.2) is 6.10 Å². The Morgan fingerprint density at radius 1 is 0.413 bits per heavy atom. The van der Waals surface area contributed by atoms with E-state index in [-0.39, 0.29) is 0 Å². The summed E-state index contributed by atoms with van der Waals surface area (Å²) in [4.78, 5) is 14.7. The molecule has 0 radical (unpaired) electrons. The van der Waals surface area contributed by atoms with Crippen LogP contribution in [0.3, 0.4) is 0 Å². The second kappa shape index (κ2) is 35.7. The third-order valence-electron chi connectivity index (χ3n) is 9.95. The van der Waals surface area contributed by atoms with Crippen molar-refractivity contribution < 1.29 is 20.1 Å². The second-order valence-electron chi connectivity index (χ2n) is 14.6. The molecule has 1 amide bonds. The van der Waals surface area contributed by atoms with E-state index in [1.807, 2.05) is 0 Å². The molecule has 46 heavy (non-hydrogen) atoms. The minimum Gasteiger partial charge on any atom is -0.391 e. The largest absolute Gasteiger partial charge is 0.391 e. The van der Waals surface area contributed by atoms with Gasteiger partial charge in [-0.2, -0.15) is 0 Å². The molecule has 0 aromatic rings. The van der Waals surface area contributed by atoms with Crippen molar-refractivity contribution >= 4 is 5.91 Å². The van der Waals surface area contributed by atoms with Crippen molar-refractivity contribution in [3.63, 3.8) is 0 Å². The van der Waals surface area contributed by atoms with Crippen LogP contribution in [0.15, 0.2) is 0 Å². The molecule has 0 spiro atoms. The van der Waals surface area contributed by atoms with Crippen molar-refractivity contribution in [1.29, 1.82) is 0 Å². The summed E-state index contributed by atoms with van der Waals surface area (Å²) < 4.78 is 0. The van der Waals surface area contributed by atoms with Crippen molar-refractivity contribution in [1.82, 2.24) is 4.90 Å². The molecule has 3 N–H and O–H groups in total. The highest BCUT2D eigenvalue weighted by Crippen LogP contribution is 2.16. The van der Waals surface area contributed by atoms with Gasteiger partial charge in [-0.15, -0.1) is 0 Å². The van der Waals surface area contributed by atoms with Crippen molar-refractivity contribution in [2.75, 3.05) is 13.1 Å². The van der Waals surface area contributed by atoms with E-state index < -0.39 is 24.2 Å². The lowest BCUT2D eigenvalue weighted by Crippen LogP contribution is -2.48. The molecular formula is C41H83NO4. The molecule has 0 saturated carbocycles. The SMILES string of the molecule is CCCCCCCCCCCCCCCCCCN(CCCCCCCCCCCCCCCCCC)C(=O)C(O)C(O)C(C)O. The first-order chi connectivity index (χ1) is 22.5. The molecule has 0 aliphatic carbocycles. The van der Waals surface area contributed by atoms with E-state index in [0.29, 0.717) is 13.1 Å². The molecule has 0 aromatic heterocycles. The van der Waals surface area contributed by atoms with E-state index in [1.165, 1.54) is 187 Å². The summed E-state index contributed by atoms with van der Waals surface area (Å²) in [7, 11) is 0. The maximum absolute atomic E-state index is 13.0. The van der Waals surface area contributed by atoms with Gasteiger partial charge >= 0.3 is 0 Å². The van der Waals surface area contributed by atoms with Crippen LogP contribution in [-0.4, -0.2) is 57.5 Å². The molecule has 0 aromatic carbocycles. The Morgan fingerprint density at radius 3 is 0.848 bits per heavy atom. The van der Waals surface area contributed by atoms with Crippen LogP contribution in [0, 0.1) is 0 Å². The Kier molecular flexibility index (Phi) is 35.1. The summed E-state index contributed by atoms with van der Waals surface area (Å²) in [5, 5.41) is 30.2. The van der Waals surface area contributed by atoms with Gasteiger partial charge in [0.1, 0.15) is 6.10 Å². The molecule has 0 aliphatic heterocycles. The fraction of sp³-hybridized carbons (Fsp3) is 0.976. The highest BCUT2D eigenvalue weighted by atomic mass is 16.4. The van der Waals surface area contributed by atoms with E-state index in [4.69, 9.17) is 0 Å². The standard InChI is InChI=1S/C41H83NO4/c1-4-6-8-10-12-14-16-18-20-22-24-26-28-30-32-34-36-42(41(46)40(45)39(44)38(3)43)37-35-33-31-29-27-25-23-21-19-17-15-13-11-9-7-5-2/h38-40,43-45H,4-37H2,1-3H3. The molecule has 0 rings (SSSR count). The number of amides is 1. The number of unbranched alkanes of at least 4 members (excludes halogenated alkanes) is 30. The zero-order valence-corrected chi connectivity index (χ0v) is 31.5. The third-order valence-corrected chi connectivity index (χ3v) is 9.95. The highest BCUT2D eigenvalue weighted by Gasteiger charge is 2.31. The van der Waals surface area contributed by atoms with Gasteiger partial charge in [-0.1, -0.05) is 206 Å². The Balaban J connectivity index is 3.97. The molecule has 0 aliphatic rings. The Bertz CT molecular complexity index is 577. The molecule has 276 valence electrons. The number of carbonyl (C=O) groups is 1. The molecule has 0 fully saturated rings. The van der Waals surface area contributed by atoms with Crippen molar-refractivity contribution in [2.45, 2.75) is 245 Å². The number of nitrogens with zero attached hydrogens (tertiary/aromatic N) is 1. The topological polar surface area (TPSA) is 81.0 Å². The fourth-order valence-corrected chi connectivity index (χ4v) is 6.63. The van der Waals surface area contributed by atoms with E-state index in [2.05, 4.69) is 13.8 Å². The first-order valence-electron chi connectivity index (χ1n) is 20.8. The first-order valence-corrected chi connectivity index (χ1v) is 20.8. The van der Waals surface area contributed by atoms with Gasteiger partial charge in [-0.05, 0) is 19.8 Å². The minimum absolute atomic E-state index is 0.435. The van der Waals surface area contributed by atoms with Gasteiger partial charge in [0.05, 0.1) is 6.10 Å². The molecule has 3 unspecified atom stereocenters. The highest BCUT2D eigenvalue weighted by molar-refractivity contribution is 5.81. The summed E-state index contributed by atoms with van der Waals surface area (Å²) in [5.41, 5.74) is 0. The number of rotatable bonds is 37. The van der Waals surface area contributed by atoms with Crippen LogP contribution < -0.4 is 0 Å². The maximum atomic E-state index is 13.0. The lowest BCUT2D eigenvalue weighted by Gasteiger charge is -2.28. The van der Waals surface area contributed by atoms with Gasteiger partial charge in [-0.25, -0.2) is 0 Å². The average Bonchev–Trinajstić information content (AvgIpc) is 3.05. The summed E-state index contributed by atoms with van der Waals surface area (Å²) in [6.07, 6.45) is 38.0. The second-order valence-corrected chi connectivity index (χ2v) is 14.6. The maximum Gasteiger partial charge on any atom is 0.254 e. The summed E-state index contributed by atoms with van der Waals surface area (Å²) in [6, 6.07) is 0. The fourth-order valence-electron chi connectivity index (χ4n) is 6.63. The summed E-state index contributed by atoms with van der Waals surface area (Å²) in [6.45, 7) is 7.22. The van der Waals surface area contributed by atoms with Crippen LogP contribution in [0.2, 0.25) is 0 Å². The summed E-state index contributed by atoms with van der Waals surface area (Å²) in [5.74, 6) is -0.435. The first kappa shape index (κ1) is 45.3. The molecule has 5 nitrogen and oxygen atoms in total. The van der Waals surface area contributed by atoms with Crippen LogP contribution >= 0.6 is 0 Å². The number of aliphatic hydroxyl groups is 3. The van der Waals surface area contributed by atoms with Crippen LogP contribution in [0.5, 0.6) is 0 Å². The monoisotopic (exact) mass is 654 g/mol. The van der Waals surface area contributed by atoms with Crippen LogP contribution in [0.25, 0.3) is 0 Å². The van der Waals surface area contributed by atoms with Crippen LogP contribution in [-0.2, 0) is 4.79 Å². The van der Waals surface area contributed by atoms with E-state index in [1.54, 1.807) is 4.90 Å². The van der Waals surface area contributed by atoms with Crippen molar-refractivity contribution in [2.24, 2.45) is 0 Å². The molecule has 0 bridgehead atoms. The predicted octanol–water partition coefficient (Wildman–Crippen LogP) is 11.4. The zero-order valence-electron chi connectivity index (χ0n) is 31.5. The van der Waals surface area contributed by atoms with Crippen LogP contribution in [0.1, 0.15) is 226 Å². The molecule has 5 heteroatoms. The third kappa shape index (κ3) is 29.5. The Morgan fingerprint density at radius 2 is 0.630 bits per heavy atom. The summed E-state index contributed by atoms with van der Waals surface area (Å²) >= 11 is 0. The average molecular weight is 654 g/mol. The number of carbonyl (C=O) groups excluding carboxylic acids is 1. The number of aliphatic hydroxyl groups excluding tert-OH is 3. The normalized spacial score (nSPS) is 13.6. The van der Waals surface area contributed by atoms with Crippen molar-refractivity contribution in [3.8, 4) is 0 Å². The number of hydrogen-bond acceptors (Lipinski definition) is 4. The number of hydrogen-bond donors (Lipinski definition) is 3. The Labute approximate surface area is 288 Å². The van der Waals surface area contributed by atoms with E-state index >= 15 is 0 Å². The lowest BCUT2D eigenvalue weighted by atomic mass is 10.0. The molecule has 0 saturated heterocycles. The van der Waals surface area contributed by atoms with Gasteiger partial charge < -0.3 is 20.2 Å². The Hall–Kier alpha value is -0.650. The smallest absolute Gasteiger partial charge is 0.254 e. The molecule has 0 heterocycles. The van der Waals surface area contributed by atoms with Gasteiger partial charge in [0, 0.05) is 13.1 Å². The zero-order chi connectivity index (χ0) is 33.9.